The molecule has 0 spiro atoms. The number of thioether (sulfide) groups is 1. The Labute approximate surface area is 87.8 Å². The molecule has 1 aromatic carbocycles. The molecule has 0 aliphatic rings. The molecule has 62 valence electrons. The monoisotopic (exact) mass is 262 g/mol. The largest absolute Gasteiger partial charge is 0.397 e. The van der Waals surface area contributed by atoms with Gasteiger partial charge in [0.15, 0.2) is 0 Å². The standard InChI is InChI=1S/C7H4BrClN2S/c8-5-1-4(12-3-10)2-6(9)7(5)11/h1-2H,11H2. The van der Waals surface area contributed by atoms with Crippen LogP contribution >= 0.6 is 39.3 Å². The molecule has 2 nitrogen and oxygen atoms in total. The number of hydrogen-bond donors (Lipinski definition) is 1. The van der Waals surface area contributed by atoms with Crippen molar-refractivity contribution in [2.75, 3.05) is 5.73 Å². The fourth-order valence-corrected chi connectivity index (χ4v) is 2.14. The second-order valence-electron chi connectivity index (χ2n) is 1.99. The molecule has 0 amide bonds. The molecule has 0 aliphatic carbocycles. The van der Waals surface area contributed by atoms with E-state index in [1.165, 1.54) is 0 Å². The molecule has 0 bridgehead atoms. The number of rotatable bonds is 1. The Balaban J connectivity index is 3.14. The zero-order valence-corrected chi connectivity index (χ0v) is 9.00. The van der Waals surface area contributed by atoms with Crippen LogP contribution < -0.4 is 5.73 Å². The summed E-state index contributed by atoms with van der Waals surface area (Å²) in [5.74, 6) is 0. The van der Waals surface area contributed by atoms with Crippen LogP contribution in [0, 0.1) is 10.7 Å². The maximum Gasteiger partial charge on any atom is 0.138 e. The highest BCUT2D eigenvalue weighted by atomic mass is 79.9. The zero-order chi connectivity index (χ0) is 9.14. The molecule has 2 N–H and O–H groups in total. The van der Waals surface area contributed by atoms with E-state index in [0.29, 0.717) is 15.2 Å². The summed E-state index contributed by atoms with van der Waals surface area (Å²) < 4.78 is 0.716. The van der Waals surface area contributed by atoms with E-state index in [2.05, 4.69) is 15.9 Å². The van der Waals surface area contributed by atoms with E-state index in [1.807, 2.05) is 5.40 Å². The van der Waals surface area contributed by atoms with Crippen LogP contribution in [0.2, 0.25) is 5.02 Å². The maximum absolute atomic E-state index is 8.39. The first-order chi connectivity index (χ1) is 5.65. The van der Waals surface area contributed by atoms with Gasteiger partial charge in [0.25, 0.3) is 0 Å². The first-order valence-corrected chi connectivity index (χ1v) is 4.94. The van der Waals surface area contributed by atoms with E-state index in [0.717, 1.165) is 16.7 Å². The number of hydrogen-bond acceptors (Lipinski definition) is 3. The van der Waals surface area contributed by atoms with Gasteiger partial charge in [-0.05, 0) is 39.8 Å². The van der Waals surface area contributed by atoms with Crippen molar-refractivity contribution in [3.63, 3.8) is 0 Å². The minimum absolute atomic E-state index is 0.460. The van der Waals surface area contributed by atoms with Crippen molar-refractivity contribution >= 4 is 45.0 Å². The summed E-state index contributed by atoms with van der Waals surface area (Å²) in [6, 6.07) is 3.42. The molecule has 0 saturated carbocycles. The van der Waals surface area contributed by atoms with E-state index >= 15 is 0 Å². The van der Waals surface area contributed by atoms with Gasteiger partial charge in [0.1, 0.15) is 5.40 Å². The van der Waals surface area contributed by atoms with Crippen molar-refractivity contribution in [1.82, 2.24) is 0 Å². The van der Waals surface area contributed by atoms with Gasteiger partial charge in [0, 0.05) is 9.37 Å². The molecular weight excluding hydrogens is 260 g/mol. The molecule has 0 aliphatic heterocycles. The Morgan fingerprint density at radius 3 is 2.75 bits per heavy atom. The molecule has 0 unspecified atom stereocenters. The van der Waals surface area contributed by atoms with Gasteiger partial charge in [-0.25, -0.2) is 0 Å². The number of nitriles is 1. The Morgan fingerprint density at radius 2 is 2.25 bits per heavy atom. The van der Waals surface area contributed by atoms with Gasteiger partial charge in [-0.15, -0.1) is 0 Å². The highest BCUT2D eigenvalue weighted by molar-refractivity contribution is 9.10. The number of nitrogens with two attached hydrogens (primary N) is 1. The number of nitrogen functional groups attached to an aromatic ring is 1. The van der Waals surface area contributed by atoms with Gasteiger partial charge in [-0.1, -0.05) is 11.6 Å². The van der Waals surface area contributed by atoms with Crippen LogP contribution in [0.15, 0.2) is 21.5 Å². The average molecular weight is 264 g/mol. The van der Waals surface area contributed by atoms with Crippen molar-refractivity contribution in [2.45, 2.75) is 4.90 Å². The second kappa shape index (κ2) is 4.04. The lowest BCUT2D eigenvalue weighted by atomic mass is 10.3. The third-order valence-electron chi connectivity index (χ3n) is 1.22. The third-order valence-corrected chi connectivity index (χ3v) is 2.75. The molecule has 1 aromatic rings. The van der Waals surface area contributed by atoms with E-state index in [-0.39, 0.29) is 0 Å². The Bertz CT molecular complexity index is 325. The van der Waals surface area contributed by atoms with Crippen molar-refractivity contribution in [1.29, 1.82) is 5.26 Å². The van der Waals surface area contributed by atoms with Crippen LogP contribution in [0.1, 0.15) is 0 Å². The Morgan fingerprint density at radius 1 is 1.58 bits per heavy atom. The molecule has 0 fully saturated rings. The SMILES string of the molecule is N#CSc1cc(Cl)c(N)c(Br)c1. The van der Waals surface area contributed by atoms with Gasteiger partial charge in [0.05, 0.1) is 10.7 Å². The molecule has 0 saturated heterocycles. The summed E-state index contributed by atoms with van der Waals surface area (Å²) in [6.45, 7) is 0. The van der Waals surface area contributed by atoms with Crippen molar-refractivity contribution in [3.8, 4) is 5.40 Å². The molecule has 0 aromatic heterocycles. The number of thiocyanates is 1. The smallest absolute Gasteiger partial charge is 0.138 e. The summed E-state index contributed by atoms with van der Waals surface area (Å²) in [6.07, 6.45) is 0. The lowest BCUT2D eigenvalue weighted by molar-refractivity contribution is 1.44. The van der Waals surface area contributed by atoms with E-state index in [4.69, 9.17) is 22.6 Å². The summed E-state index contributed by atoms with van der Waals surface area (Å²) in [7, 11) is 0. The highest BCUT2D eigenvalue weighted by Gasteiger charge is 2.04. The summed E-state index contributed by atoms with van der Waals surface area (Å²) in [5, 5.41) is 10.8. The third kappa shape index (κ3) is 2.07. The zero-order valence-electron chi connectivity index (χ0n) is 5.84. The normalized spacial score (nSPS) is 9.42. The van der Waals surface area contributed by atoms with Gasteiger partial charge in [-0.2, -0.15) is 5.26 Å². The van der Waals surface area contributed by atoms with Gasteiger partial charge < -0.3 is 5.73 Å². The molecule has 0 radical (unpaired) electrons. The summed E-state index contributed by atoms with van der Waals surface area (Å²) >= 11 is 10.1. The van der Waals surface area contributed by atoms with Crippen LogP contribution in [0.3, 0.4) is 0 Å². The quantitative estimate of drug-likeness (QED) is 0.481. The molecule has 0 heterocycles. The lowest BCUT2D eigenvalue weighted by Crippen LogP contribution is -1.87. The maximum atomic E-state index is 8.39. The number of anilines is 1. The van der Waals surface area contributed by atoms with E-state index < -0.39 is 0 Å². The predicted octanol–water partition coefficient (Wildman–Crippen LogP) is 3.26. The predicted molar refractivity (Wildman–Crippen MR) is 55.0 cm³/mol. The van der Waals surface area contributed by atoms with Crippen molar-refractivity contribution in [3.05, 3.63) is 21.6 Å². The van der Waals surface area contributed by atoms with Gasteiger partial charge in [-0.3, -0.25) is 0 Å². The molecule has 0 atom stereocenters. The van der Waals surface area contributed by atoms with Crippen LogP contribution in [0.4, 0.5) is 5.69 Å². The molecule has 1 rings (SSSR count). The van der Waals surface area contributed by atoms with Crippen LogP contribution in [0.5, 0.6) is 0 Å². The minimum Gasteiger partial charge on any atom is -0.397 e. The number of halogens is 2. The van der Waals surface area contributed by atoms with Crippen molar-refractivity contribution in [2.24, 2.45) is 0 Å². The minimum atomic E-state index is 0.460. The number of benzene rings is 1. The fourth-order valence-electron chi connectivity index (χ4n) is 0.673. The molecular formula is C7H4BrClN2S. The van der Waals surface area contributed by atoms with Crippen LogP contribution in [-0.2, 0) is 0 Å². The van der Waals surface area contributed by atoms with E-state index in [1.54, 1.807) is 12.1 Å². The first kappa shape index (κ1) is 9.72. The second-order valence-corrected chi connectivity index (χ2v) is 4.11. The Kier molecular flexibility index (Phi) is 3.27. The van der Waals surface area contributed by atoms with Crippen molar-refractivity contribution < 1.29 is 0 Å². The van der Waals surface area contributed by atoms with Crippen LogP contribution in [0.25, 0.3) is 0 Å². The summed E-state index contributed by atoms with van der Waals surface area (Å²) in [5.41, 5.74) is 6.07. The van der Waals surface area contributed by atoms with Gasteiger partial charge in [0.2, 0.25) is 0 Å². The van der Waals surface area contributed by atoms with Gasteiger partial charge >= 0.3 is 0 Å². The van der Waals surface area contributed by atoms with Crippen LogP contribution in [-0.4, -0.2) is 0 Å². The lowest BCUT2D eigenvalue weighted by Gasteiger charge is -2.02. The Hall–Kier alpha value is -0.370. The highest BCUT2D eigenvalue weighted by Crippen LogP contribution is 2.32. The molecule has 5 heteroatoms. The average Bonchev–Trinajstić information content (AvgIpc) is 2.01. The topological polar surface area (TPSA) is 49.8 Å². The number of nitrogens with zero attached hydrogens (tertiary/aromatic N) is 1. The molecule has 12 heavy (non-hydrogen) atoms. The fraction of sp³-hybridized carbons (Fsp3) is 0. The van der Waals surface area contributed by atoms with E-state index in [9.17, 15) is 0 Å². The first-order valence-electron chi connectivity index (χ1n) is 2.95. The summed E-state index contributed by atoms with van der Waals surface area (Å²) in [4.78, 5) is 0.781.